The van der Waals surface area contributed by atoms with Crippen LogP contribution in [0, 0.1) is 5.41 Å². The Morgan fingerprint density at radius 3 is 2.85 bits per heavy atom. The van der Waals surface area contributed by atoms with Crippen molar-refractivity contribution in [3.05, 3.63) is 12.2 Å². The van der Waals surface area contributed by atoms with Crippen LogP contribution >= 0.6 is 0 Å². The molecule has 1 aliphatic rings. The summed E-state index contributed by atoms with van der Waals surface area (Å²) in [6.07, 6.45) is 5.17. The molecule has 0 aromatic carbocycles. The van der Waals surface area contributed by atoms with E-state index in [0.717, 1.165) is 44.6 Å². The summed E-state index contributed by atoms with van der Waals surface area (Å²) >= 11 is 0. The highest BCUT2D eigenvalue weighted by Crippen LogP contribution is 2.31. The molecule has 0 radical (unpaired) electrons. The molecule has 1 aliphatic heterocycles. The fourth-order valence-electron chi connectivity index (χ4n) is 3.06. The van der Waals surface area contributed by atoms with Gasteiger partial charge in [-0.25, -0.2) is 4.98 Å². The molecule has 6 nitrogen and oxygen atoms in total. The van der Waals surface area contributed by atoms with Gasteiger partial charge in [-0.1, -0.05) is 13.8 Å². The monoisotopic (exact) mass is 279 g/mol. The zero-order valence-corrected chi connectivity index (χ0v) is 12.4. The van der Waals surface area contributed by atoms with Crippen LogP contribution in [0.4, 0.5) is 0 Å². The number of amides is 1. The molecule has 0 spiro atoms. The van der Waals surface area contributed by atoms with Gasteiger partial charge in [0.2, 0.25) is 5.91 Å². The van der Waals surface area contributed by atoms with Crippen molar-refractivity contribution in [3.63, 3.8) is 0 Å². The maximum absolute atomic E-state index is 12.8. The van der Waals surface area contributed by atoms with E-state index in [1.807, 2.05) is 18.7 Å². The van der Waals surface area contributed by atoms with Crippen LogP contribution in [-0.4, -0.2) is 45.6 Å². The molecule has 1 atom stereocenters. The number of aromatic nitrogens is 3. The van der Waals surface area contributed by atoms with Crippen LogP contribution in [0.15, 0.2) is 6.33 Å². The number of rotatable bonds is 5. The average molecular weight is 279 g/mol. The Morgan fingerprint density at radius 2 is 2.30 bits per heavy atom. The fraction of sp³-hybridized carbons (Fsp3) is 0.786. The summed E-state index contributed by atoms with van der Waals surface area (Å²) in [6.45, 7) is 6.06. The quantitative estimate of drug-likeness (QED) is 0.849. The Kier molecular flexibility index (Phi) is 4.75. The summed E-state index contributed by atoms with van der Waals surface area (Å²) < 4.78 is 0. The Bertz CT molecular complexity index is 419. The lowest BCUT2D eigenvalue weighted by molar-refractivity contribution is -0.143. The first kappa shape index (κ1) is 15.0. The van der Waals surface area contributed by atoms with E-state index in [0.29, 0.717) is 6.54 Å². The summed E-state index contributed by atoms with van der Waals surface area (Å²) in [5.41, 5.74) is 5.49. The molecule has 1 saturated heterocycles. The molecule has 1 aromatic rings. The Hall–Kier alpha value is -1.43. The van der Waals surface area contributed by atoms with Crippen molar-refractivity contribution in [2.24, 2.45) is 11.1 Å². The Labute approximate surface area is 120 Å². The highest BCUT2D eigenvalue weighted by molar-refractivity contribution is 5.83. The molecule has 0 bridgehead atoms. The van der Waals surface area contributed by atoms with E-state index in [1.54, 1.807) is 0 Å². The molecule has 1 amide bonds. The van der Waals surface area contributed by atoms with Crippen LogP contribution in [0.3, 0.4) is 0 Å². The van der Waals surface area contributed by atoms with Gasteiger partial charge in [0.05, 0.1) is 5.41 Å². The largest absolute Gasteiger partial charge is 0.341 e. The van der Waals surface area contributed by atoms with Crippen molar-refractivity contribution in [2.75, 3.05) is 19.6 Å². The van der Waals surface area contributed by atoms with Crippen molar-refractivity contribution in [3.8, 4) is 0 Å². The SMILES string of the molecule is CCC(CC)(CN)C(=O)N1CCCC(c2ncn[nH]2)C1. The highest BCUT2D eigenvalue weighted by Gasteiger charge is 2.38. The number of hydrogen-bond acceptors (Lipinski definition) is 4. The standard InChI is InChI=1S/C14H25N5O/c1-3-14(4-2,9-15)13(20)19-7-5-6-11(8-19)12-16-10-17-18-12/h10-11H,3-9,15H2,1-2H3,(H,16,17,18). The van der Waals surface area contributed by atoms with E-state index in [4.69, 9.17) is 5.73 Å². The van der Waals surface area contributed by atoms with E-state index in [9.17, 15) is 4.79 Å². The van der Waals surface area contributed by atoms with Gasteiger partial charge in [0.25, 0.3) is 0 Å². The maximum Gasteiger partial charge on any atom is 0.230 e. The van der Waals surface area contributed by atoms with Crippen molar-refractivity contribution in [2.45, 2.75) is 45.4 Å². The van der Waals surface area contributed by atoms with Crippen molar-refractivity contribution < 1.29 is 4.79 Å². The van der Waals surface area contributed by atoms with Crippen LogP contribution in [0.5, 0.6) is 0 Å². The number of nitrogens with one attached hydrogen (secondary N) is 1. The predicted molar refractivity (Wildman–Crippen MR) is 77.0 cm³/mol. The number of likely N-dealkylation sites (tertiary alicyclic amines) is 1. The van der Waals surface area contributed by atoms with Crippen molar-refractivity contribution in [1.29, 1.82) is 0 Å². The molecule has 1 fully saturated rings. The van der Waals surface area contributed by atoms with E-state index in [-0.39, 0.29) is 11.8 Å². The molecular formula is C14H25N5O. The minimum absolute atomic E-state index is 0.203. The lowest BCUT2D eigenvalue weighted by Gasteiger charge is -2.39. The highest BCUT2D eigenvalue weighted by atomic mass is 16.2. The molecule has 1 aromatic heterocycles. The zero-order valence-electron chi connectivity index (χ0n) is 12.4. The molecule has 20 heavy (non-hydrogen) atoms. The lowest BCUT2D eigenvalue weighted by Crippen LogP contribution is -2.50. The topological polar surface area (TPSA) is 87.9 Å². The van der Waals surface area contributed by atoms with E-state index in [2.05, 4.69) is 15.2 Å². The van der Waals surface area contributed by atoms with E-state index < -0.39 is 5.41 Å². The van der Waals surface area contributed by atoms with Gasteiger partial charge in [-0.2, -0.15) is 5.10 Å². The van der Waals surface area contributed by atoms with Crippen LogP contribution in [-0.2, 0) is 4.79 Å². The number of nitrogens with two attached hydrogens (primary N) is 1. The molecule has 112 valence electrons. The number of aromatic amines is 1. The van der Waals surface area contributed by atoms with Gasteiger partial charge < -0.3 is 10.6 Å². The summed E-state index contributed by atoms with van der Waals surface area (Å²) in [6, 6.07) is 0. The first-order chi connectivity index (χ1) is 9.66. The van der Waals surface area contributed by atoms with Crippen LogP contribution in [0.2, 0.25) is 0 Å². The minimum atomic E-state index is -0.399. The number of H-pyrrole nitrogens is 1. The van der Waals surface area contributed by atoms with Gasteiger partial charge in [-0.05, 0) is 25.7 Å². The number of carbonyl (C=O) groups excluding carboxylic acids is 1. The van der Waals surface area contributed by atoms with E-state index in [1.165, 1.54) is 6.33 Å². The third-order valence-electron chi connectivity index (χ3n) is 4.73. The molecule has 6 heteroatoms. The van der Waals surface area contributed by atoms with Gasteiger partial charge in [0, 0.05) is 25.6 Å². The molecular weight excluding hydrogens is 254 g/mol. The van der Waals surface area contributed by atoms with Crippen LogP contribution < -0.4 is 5.73 Å². The van der Waals surface area contributed by atoms with Crippen LogP contribution in [0.1, 0.15) is 51.3 Å². The number of nitrogens with zero attached hydrogens (tertiary/aromatic N) is 3. The molecule has 3 N–H and O–H groups in total. The molecule has 2 heterocycles. The summed E-state index contributed by atoms with van der Waals surface area (Å²) in [5, 5.41) is 6.83. The predicted octanol–water partition coefficient (Wildman–Crippen LogP) is 1.28. The fourth-order valence-corrected chi connectivity index (χ4v) is 3.06. The van der Waals surface area contributed by atoms with Gasteiger partial charge in [0.15, 0.2) is 0 Å². The van der Waals surface area contributed by atoms with E-state index >= 15 is 0 Å². The minimum Gasteiger partial charge on any atom is -0.341 e. The normalized spacial score (nSPS) is 20.1. The molecule has 1 unspecified atom stereocenters. The summed E-state index contributed by atoms with van der Waals surface area (Å²) in [7, 11) is 0. The number of hydrogen-bond donors (Lipinski definition) is 2. The number of piperidine rings is 1. The molecule has 0 aliphatic carbocycles. The van der Waals surface area contributed by atoms with Crippen molar-refractivity contribution >= 4 is 5.91 Å². The summed E-state index contributed by atoms with van der Waals surface area (Å²) in [4.78, 5) is 19.0. The Balaban J connectivity index is 2.10. The second-order valence-corrected chi connectivity index (χ2v) is 5.65. The van der Waals surface area contributed by atoms with Gasteiger partial charge in [-0.3, -0.25) is 9.89 Å². The van der Waals surface area contributed by atoms with Gasteiger partial charge in [0.1, 0.15) is 12.2 Å². The average Bonchev–Trinajstić information content (AvgIpc) is 3.04. The smallest absolute Gasteiger partial charge is 0.230 e. The van der Waals surface area contributed by atoms with Gasteiger partial charge >= 0.3 is 0 Å². The first-order valence-corrected chi connectivity index (χ1v) is 7.51. The van der Waals surface area contributed by atoms with Crippen LogP contribution in [0.25, 0.3) is 0 Å². The maximum atomic E-state index is 12.8. The third-order valence-corrected chi connectivity index (χ3v) is 4.73. The Morgan fingerprint density at radius 1 is 1.55 bits per heavy atom. The van der Waals surface area contributed by atoms with Crippen molar-refractivity contribution in [1.82, 2.24) is 20.1 Å². The second kappa shape index (κ2) is 6.35. The lowest BCUT2D eigenvalue weighted by atomic mass is 9.80. The third kappa shape index (κ3) is 2.70. The number of carbonyl (C=O) groups is 1. The second-order valence-electron chi connectivity index (χ2n) is 5.65. The first-order valence-electron chi connectivity index (χ1n) is 7.51. The molecule has 2 rings (SSSR count). The molecule has 0 saturated carbocycles. The summed E-state index contributed by atoms with van der Waals surface area (Å²) in [5.74, 6) is 1.35. The van der Waals surface area contributed by atoms with Gasteiger partial charge in [-0.15, -0.1) is 0 Å². The zero-order chi connectivity index (χ0) is 14.6.